The number of benzene rings is 2. The van der Waals surface area contributed by atoms with E-state index in [2.05, 4.69) is 59.2 Å². The van der Waals surface area contributed by atoms with Crippen LogP contribution in [0.2, 0.25) is 5.02 Å². The van der Waals surface area contributed by atoms with Crippen LogP contribution in [0.25, 0.3) is 5.57 Å². The van der Waals surface area contributed by atoms with Crippen LogP contribution in [-0.2, 0) is 4.74 Å². The molecule has 1 aromatic heterocycles. The van der Waals surface area contributed by atoms with Crippen molar-refractivity contribution < 1.29 is 14.7 Å². The Kier molecular flexibility index (Phi) is 9.41. The molecule has 2 aromatic carbocycles. The van der Waals surface area contributed by atoms with Crippen LogP contribution in [0.4, 0.5) is 23.1 Å². The first kappa shape index (κ1) is 29.7. The summed E-state index contributed by atoms with van der Waals surface area (Å²) in [5, 5.41) is 16.1. The Morgan fingerprint density at radius 3 is 2.63 bits per heavy atom. The van der Waals surface area contributed by atoms with Gasteiger partial charge in [-0.15, -0.1) is 11.8 Å². The molecule has 0 bridgehead atoms. The highest BCUT2D eigenvalue weighted by molar-refractivity contribution is 8.00. The molecule has 2 aliphatic rings. The minimum absolute atomic E-state index is 0.0230. The summed E-state index contributed by atoms with van der Waals surface area (Å²) in [5.74, 6) is 1.21. The van der Waals surface area contributed by atoms with Gasteiger partial charge < -0.3 is 14.8 Å². The van der Waals surface area contributed by atoms with Gasteiger partial charge in [0.15, 0.2) is 5.82 Å². The van der Waals surface area contributed by atoms with E-state index in [9.17, 15) is 5.21 Å². The maximum atomic E-state index is 11.2. The molecule has 2 N–H and O–H groups in total. The minimum Gasteiger partial charge on any atom is -0.489 e. The summed E-state index contributed by atoms with van der Waals surface area (Å²) in [6.45, 7) is 14.0. The van der Waals surface area contributed by atoms with E-state index in [1.165, 1.54) is 17.3 Å². The zero-order chi connectivity index (χ0) is 29.1. The predicted octanol–water partition coefficient (Wildman–Crippen LogP) is 7.48. The number of halogens is 1. The normalized spacial score (nSPS) is 16.1. The Balaban J connectivity index is 1.42. The third kappa shape index (κ3) is 6.98. The molecule has 0 aliphatic carbocycles. The van der Waals surface area contributed by atoms with Crippen LogP contribution in [0.15, 0.2) is 53.6 Å². The van der Waals surface area contributed by atoms with E-state index in [-0.39, 0.29) is 16.9 Å². The molecule has 0 unspecified atom stereocenters. The van der Waals surface area contributed by atoms with Gasteiger partial charge in [0.25, 0.3) is 0 Å². The van der Waals surface area contributed by atoms with Crippen molar-refractivity contribution in [3.05, 3.63) is 64.8 Å². The molecule has 218 valence electrons. The van der Waals surface area contributed by atoms with Crippen LogP contribution >= 0.6 is 23.4 Å². The second-order valence-corrected chi connectivity index (χ2v) is 13.0. The van der Waals surface area contributed by atoms with Gasteiger partial charge in [-0.3, -0.25) is 10.1 Å². The van der Waals surface area contributed by atoms with Crippen molar-refractivity contribution in [2.45, 2.75) is 63.3 Å². The number of thioether (sulfide) groups is 1. The van der Waals surface area contributed by atoms with E-state index in [0.29, 0.717) is 22.9 Å². The lowest BCUT2D eigenvalue weighted by molar-refractivity contribution is -0.0612. The van der Waals surface area contributed by atoms with Crippen LogP contribution in [-0.4, -0.2) is 63.8 Å². The largest absolute Gasteiger partial charge is 0.489 e. The number of rotatable bonds is 10. The molecule has 41 heavy (non-hydrogen) atoms. The molecule has 10 heteroatoms. The lowest BCUT2D eigenvalue weighted by Crippen LogP contribution is -2.50. The molecule has 1 saturated heterocycles. The quantitative estimate of drug-likeness (QED) is 0.183. The summed E-state index contributed by atoms with van der Waals surface area (Å²) in [6.07, 6.45) is 4.78. The van der Waals surface area contributed by atoms with Gasteiger partial charge in [0, 0.05) is 23.2 Å². The lowest BCUT2D eigenvalue weighted by atomic mass is 9.94. The molecular formula is C31H38ClN5O3S. The Morgan fingerprint density at radius 2 is 1.98 bits per heavy atom. The van der Waals surface area contributed by atoms with Gasteiger partial charge in [0.1, 0.15) is 10.8 Å². The first-order valence-corrected chi connectivity index (χ1v) is 15.3. The Morgan fingerprint density at radius 1 is 1.20 bits per heavy atom. The van der Waals surface area contributed by atoms with E-state index in [0.717, 1.165) is 59.7 Å². The highest BCUT2D eigenvalue weighted by atomic mass is 35.5. The number of anilines is 4. The maximum absolute atomic E-state index is 11.2. The molecule has 1 fully saturated rings. The molecule has 8 nitrogen and oxygen atoms in total. The molecule has 3 aromatic rings. The summed E-state index contributed by atoms with van der Waals surface area (Å²) in [7, 11) is 0. The third-order valence-electron chi connectivity index (χ3n) is 7.04. The van der Waals surface area contributed by atoms with Gasteiger partial charge in [-0.25, -0.2) is 10.0 Å². The molecule has 0 atom stereocenters. The zero-order valence-corrected chi connectivity index (χ0v) is 25.8. The molecule has 3 heterocycles. The number of aryl methyl sites for hydroxylation is 1. The molecule has 2 aliphatic heterocycles. The van der Waals surface area contributed by atoms with Crippen molar-refractivity contribution in [3.63, 3.8) is 0 Å². The average Bonchev–Trinajstić information content (AvgIpc) is 2.90. The Hall–Kier alpha value is -2.82. The molecular weight excluding hydrogens is 558 g/mol. The van der Waals surface area contributed by atoms with Crippen molar-refractivity contribution in [2.75, 3.05) is 36.7 Å². The van der Waals surface area contributed by atoms with E-state index < -0.39 is 0 Å². The molecule has 0 radical (unpaired) electrons. The summed E-state index contributed by atoms with van der Waals surface area (Å²) in [4.78, 5) is 12.4. The molecule has 0 spiro atoms. The van der Waals surface area contributed by atoms with Gasteiger partial charge in [0.05, 0.1) is 42.9 Å². The highest BCUT2D eigenvalue weighted by Crippen LogP contribution is 2.39. The predicted molar refractivity (Wildman–Crippen MR) is 167 cm³/mol. The Labute approximate surface area is 251 Å². The summed E-state index contributed by atoms with van der Waals surface area (Å²) in [5.41, 5.74) is 5.00. The maximum Gasteiger partial charge on any atom is 0.229 e. The van der Waals surface area contributed by atoms with Gasteiger partial charge >= 0.3 is 0 Å². The average molecular weight is 596 g/mol. The first-order chi connectivity index (χ1) is 19.7. The third-order valence-corrected chi connectivity index (χ3v) is 8.38. The number of nitrogens with zero attached hydrogens (tertiary/aromatic N) is 4. The standard InChI is InChI=1S/C31H38ClN5O3S/c1-19(2)40-28-15-24(22-10-12-36(13-11-22)23-17-39-18-23)21(5)14-26(28)34-31-33-16-25(32)30(35-31)37(38)27-8-6-7-9-29(27)41-20(3)4/h6-10,14-16,19-20,23,38H,11-13,17-18H2,1-5H3,(H,33,34,35). The summed E-state index contributed by atoms with van der Waals surface area (Å²) in [6, 6.07) is 12.4. The van der Waals surface area contributed by atoms with Crippen LogP contribution in [0.5, 0.6) is 5.75 Å². The number of nitrogens with one attached hydrogen (secondary N) is 1. The van der Waals surface area contributed by atoms with E-state index >= 15 is 0 Å². The van der Waals surface area contributed by atoms with Gasteiger partial charge in [-0.05, 0) is 68.2 Å². The summed E-state index contributed by atoms with van der Waals surface area (Å²) >= 11 is 8.13. The first-order valence-electron chi connectivity index (χ1n) is 14.1. The molecule has 0 amide bonds. The fourth-order valence-corrected chi connectivity index (χ4v) is 6.08. The monoisotopic (exact) mass is 595 g/mol. The topological polar surface area (TPSA) is 83.0 Å². The number of ether oxygens (including phenoxy) is 2. The van der Waals surface area contributed by atoms with Gasteiger partial charge in [0.2, 0.25) is 5.95 Å². The van der Waals surface area contributed by atoms with Crippen molar-refractivity contribution >= 4 is 52.1 Å². The number of aromatic nitrogens is 2. The second kappa shape index (κ2) is 13.0. The van der Waals surface area contributed by atoms with Crippen LogP contribution < -0.4 is 15.1 Å². The smallest absolute Gasteiger partial charge is 0.229 e. The van der Waals surface area contributed by atoms with Crippen LogP contribution in [0.1, 0.15) is 45.2 Å². The lowest BCUT2D eigenvalue weighted by Gasteiger charge is -2.39. The van der Waals surface area contributed by atoms with E-state index in [4.69, 9.17) is 21.1 Å². The fraction of sp³-hybridized carbons (Fsp3) is 0.419. The number of hydrogen-bond donors (Lipinski definition) is 2. The van der Waals surface area contributed by atoms with Crippen LogP contribution in [0.3, 0.4) is 0 Å². The second-order valence-electron chi connectivity index (χ2n) is 10.9. The fourth-order valence-electron chi connectivity index (χ4n) is 4.97. The van der Waals surface area contributed by atoms with Crippen molar-refractivity contribution in [3.8, 4) is 5.75 Å². The number of hydrogen-bond acceptors (Lipinski definition) is 9. The van der Waals surface area contributed by atoms with E-state index in [1.807, 2.05) is 38.1 Å². The minimum atomic E-state index is -0.0230. The zero-order valence-electron chi connectivity index (χ0n) is 24.2. The van der Waals surface area contributed by atoms with Crippen molar-refractivity contribution in [1.29, 1.82) is 0 Å². The van der Waals surface area contributed by atoms with Gasteiger partial charge in [-0.2, -0.15) is 4.98 Å². The number of para-hydroxylation sites is 1. The molecule has 5 rings (SSSR count). The van der Waals surface area contributed by atoms with Crippen molar-refractivity contribution in [2.24, 2.45) is 0 Å². The van der Waals surface area contributed by atoms with E-state index in [1.54, 1.807) is 11.8 Å². The highest BCUT2D eigenvalue weighted by Gasteiger charge is 2.28. The van der Waals surface area contributed by atoms with Gasteiger partial charge in [-0.1, -0.05) is 43.7 Å². The Bertz CT molecular complexity index is 1410. The summed E-state index contributed by atoms with van der Waals surface area (Å²) < 4.78 is 11.6. The van der Waals surface area contributed by atoms with Crippen LogP contribution in [0, 0.1) is 6.92 Å². The SMILES string of the molecule is Cc1cc(Nc2ncc(Cl)c(N(O)c3ccccc3SC(C)C)n2)c(OC(C)C)cc1C1=CCN(C2COC2)CC1. The van der Waals surface area contributed by atoms with Crippen molar-refractivity contribution in [1.82, 2.24) is 14.9 Å². The molecule has 0 saturated carbocycles.